The van der Waals surface area contributed by atoms with Crippen molar-refractivity contribution in [3.05, 3.63) is 38.5 Å². The molecule has 1 aromatic carbocycles. The lowest BCUT2D eigenvalue weighted by Crippen LogP contribution is -2.05. The number of rotatable bonds is 1. The first-order chi connectivity index (χ1) is 7.88. The summed E-state index contributed by atoms with van der Waals surface area (Å²) in [5.74, 6) is 0. The molecule has 6 heteroatoms. The lowest BCUT2D eigenvalue weighted by Gasteiger charge is -2.08. The normalized spacial score (nSPS) is 10.2. The van der Waals surface area contributed by atoms with Crippen molar-refractivity contribution in [2.75, 3.05) is 0 Å². The van der Waals surface area contributed by atoms with Gasteiger partial charge >= 0.3 is 6.18 Å². The molecule has 17 heavy (non-hydrogen) atoms. The highest BCUT2D eigenvalue weighted by atomic mass is 127. The fraction of sp³-hybridized carbons (Fsp3) is 0.0909. The average Bonchev–Trinajstić information content (AvgIpc) is 2.26. The highest BCUT2D eigenvalue weighted by Crippen LogP contribution is 2.31. The predicted molar refractivity (Wildman–Crippen MR) is 63.4 cm³/mol. The van der Waals surface area contributed by atoms with Gasteiger partial charge in [-0.2, -0.15) is 23.7 Å². The molecule has 0 heterocycles. The smallest absolute Gasteiger partial charge is 0.192 e. The molecule has 0 aromatic heterocycles. The Kier molecular flexibility index (Phi) is 4.13. The van der Waals surface area contributed by atoms with Crippen molar-refractivity contribution in [3.63, 3.8) is 0 Å². The van der Waals surface area contributed by atoms with E-state index in [1.807, 2.05) is 22.6 Å². The molecule has 0 fully saturated rings. The first-order valence-electron chi connectivity index (χ1n) is 4.27. The molecule has 0 aliphatic rings. The first kappa shape index (κ1) is 13.5. The van der Waals surface area contributed by atoms with Gasteiger partial charge < -0.3 is 0 Å². The minimum Gasteiger partial charge on any atom is -0.192 e. The largest absolute Gasteiger partial charge is 0.416 e. The summed E-state index contributed by atoms with van der Waals surface area (Å²) in [6.45, 7) is 0. The Hall–Kier alpha value is -1.54. The van der Waals surface area contributed by atoms with E-state index in [9.17, 15) is 13.2 Å². The fourth-order valence-corrected chi connectivity index (χ4v) is 1.57. The van der Waals surface area contributed by atoms with Gasteiger partial charge in [0.1, 0.15) is 17.7 Å². The molecule has 2 nitrogen and oxygen atoms in total. The van der Waals surface area contributed by atoms with E-state index in [0.717, 1.165) is 18.2 Å². The summed E-state index contributed by atoms with van der Waals surface area (Å²) in [6, 6.07) is 6.36. The summed E-state index contributed by atoms with van der Waals surface area (Å²) in [5.41, 5.74) is -0.833. The Balaban J connectivity index is 3.32. The zero-order valence-electron chi connectivity index (χ0n) is 8.22. The van der Waals surface area contributed by atoms with Crippen molar-refractivity contribution in [1.82, 2.24) is 0 Å². The standard InChI is InChI=1S/C11H4F3IN2/c12-11(13,14)9-1-2-10(15)8(4-9)3-7(5-16)6-17/h1-4H. The Morgan fingerprint density at radius 3 is 2.29 bits per heavy atom. The van der Waals surface area contributed by atoms with Crippen LogP contribution in [0.2, 0.25) is 0 Å². The zero-order valence-corrected chi connectivity index (χ0v) is 10.4. The van der Waals surface area contributed by atoms with Gasteiger partial charge in [0.25, 0.3) is 0 Å². The molecule has 0 aliphatic heterocycles. The second kappa shape index (κ2) is 5.19. The molecule has 0 unspecified atom stereocenters. The number of nitriles is 2. The van der Waals surface area contributed by atoms with Gasteiger partial charge in [0, 0.05) is 3.57 Å². The average molecular weight is 348 g/mol. The van der Waals surface area contributed by atoms with Crippen LogP contribution in [0.5, 0.6) is 0 Å². The molecular formula is C11H4F3IN2. The molecule has 0 atom stereocenters. The van der Waals surface area contributed by atoms with E-state index in [1.54, 1.807) is 12.1 Å². The number of allylic oxidation sites excluding steroid dienone is 1. The third-order valence-corrected chi connectivity index (χ3v) is 2.85. The quantitative estimate of drug-likeness (QED) is 0.573. The van der Waals surface area contributed by atoms with Crippen LogP contribution in [0.25, 0.3) is 6.08 Å². The highest BCUT2D eigenvalue weighted by Gasteiger charge is 2.30. The van der Waals surface area contributed by atoms with Crippen molar-refractivity contribution in [3.8, 4) is 12.1 Å². The molecule has 0 radical (unpaired) electrons. The summed E-state index contributed by atoms with van der Waals surface area (Å²) < 4.78 is 37.9. The number of halogens is 4. The van der Waals surface area contributed by atoms with Gasteiger partial charge in [-0.25, -0.2) is 0 Å². The van der Waals surface area contributed by atoms with Crippen LogP contribution in [0.4, 0.5) is 13.2 Å². The SMILES string of the molecule is N#CC(C#N)=Cc1cc(C(F)(F)F)ccc1I. The van der Waals surface area contributed by atoms with E-state index in [0.29, 0.717) is 3.57 Å². The number of nitrogens with zero attached hydrogens (tertiary/aromatic N) is 2. The lowest BCUT2D eigenvalue weighted by atomic mass is 10.1. The molecule has 0 saturated heterocycles. The number of benzene rings is 1. The Morgan fingerprint density at radius 2 is 1.82 bits per heavy atom. The molecule has 0 spiro atoms. The molecule has 0 saturated carbocycles. The van der Waals surface area contributed by atoms with Gasteiger partial charge in [-0.3, -0.25) is 0 Å². The molecular weight excluding hydrogens is 344 g/mol. The maximum atomic E-state index is 12.4. The predicted octanol–water partition coefficient (Wildman–Crippen LogP) is 3.74. The van der Waals surface area contributed by atoms with Crippen molar-refractivity contribution in [2.24, 2.45) is 0 Å². The molecule has 1 rings (SSSR count). The topological polar surface area (TPSA) is 47.6 Å². The van der Waals surface area contributed by atoms with E-state index in [-0.39, 0.29) is 11.1 Å². The minimum atomic E-state index is -4.44. The maximum Gasteiger partial charge on any atom is 0.416 e. The second-order valence-corrected chi connectivity index (χ2v) is 4.18. The zero-order chi connectivity index (χ0) is 13.1. The van der Waals surface area contributed by atoms with E-state index in [4.69, 9.17) is 10.5 Å². The van der Waals surface area contributed by atoms with Crippen LogP contribution >= 0.6 is 22.6 Å². The summed E-state index contributed by atoms with van der Waals surface area (Å²) in [6.07, 6.45) is -3.30. The fourth-order valence-electron chi connectivity index (χ4n) is 1.08. The minimum absolute atomic E-state index is 0.207. The Labute approximate surface area is 109 Å². The van der Waals surface area contributed by atoms with Gasteiger partial charge in [-0.15, -0.1) is 0 Å². The number of alkyl halides is 3. The number of hydrogen-bond acceptors (Lipinski definition) is 2. The van der Waals surface area contributed by atoms with Gasteiger partial charge in [-0.05, 0) is 52.4 Å². The van der Waals surface area contributed by atoms with Crippen LogP contribution in [0.15, 0.2) is 23.8 Å². The summed E-state index contributed by atoms with van der Waals surface area (Å²) in [5, 5.41) is 17.1. The van der Waals surface area contributed by atoms with Gasteiger partial charge in [-0.1, -0.05) is 0 Å². The van der Waals surface area contributed by atoms with E-state index < -0.39 is 11.7 Å². The molecule has 1 aromatic rings. The van der Waals surface area contributed by atoms with Crippen molar-refractivity contribution < 1.29 is 13.2 Å². The van der Waals surface area contributed by atoms with E-state index in [1.165, 1.54) is 6.07 Å². The second-order valence-electron chi connectivity index (χ2n) is 3.02. The molecule has 0 aliphatic carbocycles. The summed E-state index contributed by atoms with van der Waals surface area (Å²) in [7, 11) is 0. The van der Waals surface area contributed by atoms with Crippen LogP contribution in [0, 0.1) is 26.2 Å². The van der Waals surface area contributed by atoms with Gasteiger partial charge in [0.05, 0.1) is 5.56 Å². The molecule has 0 N–H and O–H groups in total. The van der Waals surface area contributed by atoms with Crippen LogP contribution in [0.1, 0.15) is 11.1 Å². The van der Waals surface area contributed by atoms with Gasteiger partial charge in [0.15, 0.2) is 0 Å². The van der Waals surface area contributed by atoms with E-state index in [2.05, 4.69) is 0 Å². The van der Waals surface area contributed by atoms with Crippen LogP contribution in [-0.2, 0) is 6.18 Å². The maximum absolute atomic E-state index is 12.4. The highest BCUT2D eigenvalue weighted by molar-refractivity contribution is 14.1. The van der Waals surface area contributed by atoms with Crippen molar-refractivity contribution in [2.45, 2.75) is 6.18 Å². The van der Waals surface area contributed by atoms with E-state index >= 15 is 0 Å². The third kappa shape index (κ3) is 3.46. The lowest BCUT2D eigenvalue weighted by molar-refractivity contribution is -0.137. The summed E-state index contributed by atoms with van der Waals surface area (Å²) >= 11 is 1.84. The third-order valence-electron chi connectivity index (χ3n) is 1.86. The van der Waals surface area contributed by atoms with Crippen molar-refractivity contribution >= 4 is 28.7 Å². The Bertz CT molecular complexity index is 531. The van der Waals surface area contributed by atoms with Crippen LogP contribution < -0.4 is 0 Å². The molecule has 0 bridgehead atoms. The Morgan fingerprint density at radius 1 is 1.24 bits per heavy atom. The molecule has 0 amide bonds. The monoisotopic (exact) mass is 348 g/mol. The van der Waals surface area contributed by atoms with Gasteiger partial charge in [0.2, 0.25) is 0 Å². The first-order valence-corrected chi connectivity index (χ1v) is 5.35. The van der Waals surface area contributed by atoms with Crippen molar-refractivity contribution in [1.29, 1.82) is 10.5 Å². The summed E-state index contributed by atoms with van der Waals surface area (Å²) in [4.78, 5) is 0. The number of hydrogen-bond donors (Lipinski definition) is 0. The van der Waals surface area contributed by atoms with Crippen LogP contribution in [-0.4, -0.2) is 0 Å². The van der Waals surface area contributed by atoms with Crippen LogP contribution in [0.3, 0.4) is 0 Å². The molecule has 86 valence electrons.